The summed E-state index contributed by atoms with van der Waals surface area (Å²) in [6.07, 6.45) is 1.63. The number of likely N-dealkylation sites (tertiary alicyclic amines) is 1. The molecule has 2 aliphatic rings. The fourth-order valence-electron chi connectivity index (χ4n) is 4.94. The van der Waals surface area contributed by atoms with Crippen LogP contribution in [0.4, 0.5) is 4.39 Å². The highest BCUT2D eigenvalue weighted by atomic mass is 32.1. The van der Waals surface area contributed by atoms with E-state index < -0.39 is 5.54 Å². The first-order valence-electron chi connectivity index (χ1n) is 12.5. The van der Waals surface area contributed by atoms with Crippen molar-refractivity contribution < 1.29 is 18.3 Å². The summed E-state index contributed by atoms with van der Waals surface area (Å²) < 4.78 is 25.4. The van der Waals surface area contributed by atoms with Gasteiger partial charge in [0.25, 0.3) is 11.8 Å². The van der Waals surface area contributed by atoms with Crippen LogP contribution < -0.4 is 10.5 Å². The third kappa shape index (κ3) is 4.58. The Bertz CT molecular complexity index is 1510. The lowest BCUT2D eigenvalue weighted by molar-refractivity contribution is 0.0755. The van der Waals surface area contributed by atoms with Gasteiger partial charge in [0.05, 0.1) is 17.6 Å². The molecule has 1 amide bonds. The number of carbonyl (C=O) groups is 1. The Morgan fingerprint density at radius 2 is 1.87 bits per heavy atom. The fraction of sp³-hybridized carbons (Fsp3) is 0.357. The molecular weight excluding hydrogens is 505 g/mol. The second kappa shape index (κ2) is 8.99. The lowest BCUT2D eigenvalue weighted by Gasteiger charge is -2.22. The van der Waals surface area contributed by atoms with Gasteiger partial charge in [0.15, 0.2) is 5.01 Å². The first kappa shape index (κ1) is 24.7. The van der Waals surface area contributed by atoms with Crippen molar-refractivity contribution in [3.63, 3.8) is 0 Å². The summed E-state index contributed by atoms with van der Waals surface area (Å²) in [5.74, 6) is 1.78. The molecule has 6 rings (SSSR count). The smallest absolute Gasteiger partial charge is 0.265 e. The van der Waals surface area contributed by atoms with E-state index in [0.29, 0.717) is 51.9 Å². The molecule has 8 nitrogen and oxygen atoms in total. The monoisotopic (exact) mass is 533 g/mol. The van der Waals surface area contributed by atoms with E-state index in [4.69, 9.17) is 19.9 Å². The van der Waals surface area contributed by atoms with Crippen LogP contribution in [0.2, 0.25) is 0 Å². The number of carbonyl (C=O) groups excluding carboxylic acids is 1. The highest BCUT2D eigenvalue weighted by Gasteiger charge is 2.59. The van der Waals surface area contributed by atoms with Gasteiger partial charge in [-0.05, 0) is 63.6 Å². The minimum atomic E-state index is -0.603. The topological polar surface area (TPSA) is 107 Å². The van der Waals surface area contributed by atoms with Crippen molar-refractivity contribution in [2.75, 3.05) is 13.1 Å². The maximum atomic E-state index is 13.5. The van der Waals surface area contributed by atoms with Gasteiger partial charge in [0.2, 0.25) is 5.88 Å². The molecule has 1 aliphatic carbocycles. The molecular formula is C28H28FN5O3S. The Balaban J connectivity index is 1.16. The number of pyridine rings is 1. The summed E-state index contributed by atoms with van der Waals surface area (Å²) in [6, 6.07) is 10.00. The summed E-state index contributed by atoms with van der Waals surface area (Å²) in [5.41, 5.74) is 8.81. The van der Waals surface area contributed by atoms with Crippen molar-refractivity contribution >= 4 is 17.2 Å². The molecule has 4 heterocycles. The molecule has 3 aromatic heterocycles. The van der Waals surface area contributed by atoms with Crippen LogP contribution in [0.25, 0.3) is 22.2 Å². The average Bonchev–Trinajstić information content (AvgIpc) is 3.31. The van der Waals surface area contributed by atoms with Crippen molar-refractivity contribution in [3.05, 3.63) is 70.3 Å². The van der Waals surface area contributed by atoms with Gasteiger partial charge in [-0.1, -0.05) is 0 Å². The van der Waals surface area contributed by atoms with E-state index in [1.807, 2.05) is 44.7 Å². The number of hydrogen-bond donors (Lipinski definition) is 1. The van der Waals surface area contributed by atoms with Crippen LogP contribution in [0, 0.1) is 31.5 Å². The van der Waals surface area contributed by atoms with Gasteiger partial charge < -0.3 is 19.8 Å². The minimum absolute atomic E-state index is 0.0165. The molecule has 38 heavy (non-hydrogen) atoms. The number of ether oxygens (including phenoxy) is 1. The summed E-state index contributed by atoms with van der Waals surface area (Å²) in [6.45, 7) is 8.74. The maximum Gasteiger partial charge on any atom is 0.265 e. The van der Waals surface area contributed by atoms with E-state index in [9.17, 15) is 9.18 Å². The number of amides is 1. The highest BCUT2D eigenvalue weighted by molar-refractivity contribution is 7.17. The Morgan fingerprint density at radius 3 is 2.50 bits per heavy atom. The molecule has 0 spiro atoms. The van der Waals surface area contributed by atoms with Gasteiger partial charge >= 0.3 is 0 Å². The van der Waals surface area contributed by atoms with E-state index in [2.05, 4.69) is 9.97 Å². The standard InChI is InChI=1S/C28H28FN5O3S/c1-14-11-31-25(36-14)26-32-15(2)24(38-26)27(35)34-12-19-20(13-34)23(19)37-22-10-17(28(3,4)30)9-21(33-22)16-5-7-18(29)8-6-16/h5-11,19-20,23H,12-13,30H2,1-4H3/t19-,20+,23?. The number of aryl methyl sites for hydroxylation is 2. The van der Waals surface area contributed by atoms with Crippen LogP contribution in [-0.4, -0.2) is 45.0 Å². The third-order valence-corrected chi connectivity index (χ3v) is 8.27. The van der Waals surface area contributed by atoms with Crippen LogP contribution in [-0.2, 0) is 5.54 Å². The number of piperidine rings is 1. The lowest BCUT2D eigenvalue weighted by atomic mass is 9.95. The summed E-state index contributed by atoms with van der Waals surface area (Å²) in [4.78, 5) is 29.2. The first-order valence-corrected chi connectivity index (χ1v) is 13.3. The summed E-state index contributed by atoms with van der Waals surface area (Å²) >= 11 is 1.31. The van der Waals surface area contributed by atoms with Crippen LogP contribution >= 0.6 is 11.3 Å². The Kier molecular flexibility index (Phi) is 5.84. The predicted molar refractivity (Wildman–Crippen MR) is 141 cm³/mol. The van der Waals surface area contributed by atoms with E-state index in [0.717, 1.165) is 11.1 Å². The second-order valence-electron chi connectivity index (χ2n) is 10.6. The van der Waals surface area contributed by atoms with Gasteiger partial charge in [-0.3, -0.25) is 4.79 Å². The minimum Gasteiger partial charge on any atom is -0.474 e. The Labute approximate surface area is 223 Å². The molecule has 4 aromatic rings. The summed E-state index contributed by atoms with van der Waals surface area (Å²) in [7, 11) is 0. The molecule has 1 aromatic carbocycles. The van der Waals surface area contributed by atoms with E-state index in [1.165, 1.54) is 23.5 Å². The molecule has 1 saturated carbocycles. The van der Waals surface area contributed by atoms with Crippen LogP contribution in [0.15, 0.2) is 47.0 Å². The van der Waals surface area contributed by atoms with Gasteiger partial charge in [0.1, 0.15) is 22.6 Å². The maximum absolute atomic E-state index is 13.5. The molecule has 2 N–H and O–H groups in total. The van der Waals surface area contributed by atoms with Gasteiger partial charge in [0, 0.05) is 42.1 Å². The zero-order chi connectivity index (χ0) is 26.8. The molecule has 3 atom stereocenters. The fourth-order valence-corrected chi connectivity index (χ4v) is 5.91. The molecule has 0 radical (unpaired) electrons. The van der Waals surface area contributed by atoms with Crippen molar-refractivity contribution in [2.24, 2.45) is 17.6 Å². The number of thiazole rings is 1. The Hall–Kier alpha value is -3.63. The number of fused-ring (bicyclic) bond motifs is 1. The van der Waals surface area contributed by atoms with E-state index in [-0.39, 0.29) is 29.7 Å². The van der Waals surface area contributed by atoms with Crippen molar-refractivity contribution in [1.82, 2.24) is 19.9 Å². The van der Waals surface area contributed by atoms with E-state index in [1.54, 1.807) is 18.3 Å². The van der Waals surface area contributed by atoms with Gasteiger partial charge in [-0.2, -0.15) is 0 Å². The van der Waals surface area contributed by atoms with Crippen molar-refractivity contribution in [1.29, 1.82) is 0 Å². The number of benzene rings is 1. The number of nitrogens with two attached hydrogens (primary N) is 1. The SMILES string of the molecule is Cc1cnc(-c2nc(C)c(C(=O)N3C[C@@H]4C(Oc5cc(C(C)(C)N)cc(-c6ccc(F)cc6)n5)[C@@H]4C3)s2)o1. The molecule has 1 unspecified atom stereocenters. The van der Waals surface area contributed by atoms with Crippen LogP contribution in [0.1, 0.15) is 40.5 Å². The largest absolute Gasteiger partial charge is 0.474 e. The number of oxazole rings is 1. The first-order chi connectivity index (χ1) is 18.1. The summed E-state index contributed by atoms with van der Waals surface area (Å²) in [5, 5.41) is 0.607. The highest BCUT2D eigenvalue weighted by Crippen LogP contribution is 2.48. The predicted octanol–water partition coefficient (Wildman–Crippen LogP) is 4.96. The number of rotatable bonds is 6. The second-order valence-corrected chi connectivity index (χ2v) is 11.6. The Morgan fingerprint density at radius 1 is 1.16 bits per heavy atom. The molecule has 1 aliphatic heterocycles. The van der Waals surface area contributed by atoms with Crippen molar-refractivity contribution in [2.45, 2.75) is 39.3 Å². The normalized spacial score (nSPS) is 20.5. The number of hydrogen-bond acceptors (Lipinski definition) is 8. The van der Waals surface area contributed by atoms with E-state index >= 15 is 0 Å². The number of aromatic nitrogens is 3. The van der Waals surface area contributed by atoms with Crippen molar-refractivity contribution in [3.8, 4) is 28.0 Å². The third-order valence-electron chi connectivity index (χ3n) is 7.14. The van der Waals surface area contributed by atoms with Crippen LogP contribution in [0.3, 0.4) is 0 Å². The molecule has 196 valence electrons. The van der Waals surface area contributed by atoms with Gasteiger partial charge in [-0.25, -0.2) is 19.3 Å². The lowest BCUT2D eigenvalue weighted by Crippen LogP contribution is -2.33. The molecule has 0 bridgehead atoms. The average molecular weight is 534 g/mol. The zero-order valence-corrected chi connectivity index (χ0v) is 22.4. The molecule has 2 fully saturated rings. The van der Waals surface area contributed by atoms with Gasteiger partial charge in [-0.15, -0.1) is 11.3 Å². The molecule has 1 saturated heterocycles. The quantitative estimate of drug-likeness (QED) is 0.373. The molecule has 10 heteroatoms. The zero-order valence-electron chi connectivity index (χ0n) is 21.6. The van der Waals surface area contributed by atoms with Crippen LogP contribution in [0.5, 0.6) is 5.88 Å². The number of nitrogens with zero attached hydrogens (tertiary/aromatic N) is 4. The number of halogens is 1.